The summed E-state index contributed by atoms with van der Waals surface area (Å²) in [4.78, 5) is 78.0. The van der Waals surface area contributed by atoms with Crippen LogP contribution in [0.3, 0.4) is 0 Å². The minimum absolute atomic E-state index is 0.00343. The van der Waals surface area contributed by atoms with E-state index in [4.69, 9.17) is 14.5 Å². The molecule has 3 aromatic rings. The first-order chi connectivity index (χ1) is 29.1. The number of likely N-dealkylation sites (tertiary alicyclic amines) is 2. The molecule has 2 aromatic carbocycles. The molecule has 0 bridgehead atoms. The summed E-state index contributed by atoms with van der Waals surface area (Å²) >= 11 is -2.60. The van der Waals surface area contributed by atoms with Crippen LogP contribution in [0, 0.1) is 23.2 Å². The van der Waals surface area contributed by atoms with Gasteiger partial charge in [0.2, 0.25) is 23.6 Å². The van der Waals surface area contributed by atoms with Crippen molar-refractivity contribution in [1.29, 1.82) is 0 Å². The van der Waals surface area contributed by atoms with Crippen molar-refractivity contribution < 1.29 is 42.2 Å². The molecule has 4 aliphatic rings. The van der Waals surface area contributed by atoms with Crippen LogP contribution < -0.4 is 20.1 Å². The fourth-order valence-corrected chi connectivity index (χ4v) is 9.53. The van der Waals surface area contributed by atoms with Crippen molar-refractivity contribution in [3.8, 4) is 22.8 Å². The van der Waals surface area contributed by atoms with Crippen LogP contribution in [0.2, 0.25) is 0 Å². The molecule has 2 aliphatic heterocycles. The Morgan fingerprint density at radius 2 is 1.75 bits per heavy atom. The van der Waals surface area contributed by atoms with E-state index in [2.05, 4.69) is 17.2 Å². The van der Waals surface area contributed by atoms with Gasteiger partial charge in [-0.15, -0.1) is 6.58 Å². The summed E-state index contributed by atoms with van der Waals surface area (Å²) in [6.07, 6.45) is 3.17. The first-order valence-corrected chi connectivity index (χ1v) is 22.0. The smallest absolute Gasteiger partial charge is 0.264 e. The van der Waals surface area contributed by atoms with Gasteiger partial charge in [-0.05, 0) is 49.7 Å². The SMILES string of the molecule is C=C[C@@H]1C[C@]1(NC(=O)[C@@H]1C[C@@H](Oc2cc(-c3ccccc3)nc3cc(OC)ccc23)CN1C(=O)[C@@H](CC(=O)N1CCC(C(=O)NC)CC1)C(C)(C)C)C(=O)N(C1CC1)S(=O)O. The second-order valence-corrected chi connectivity index (χ2v) is 18.6. The lowest BCUT2D eigenvalue weighted by Crippen LogP contribution is -2.57. The van der Waals surface area contributed by atoms with Crippen LogP contribution in [-0.2, 0) is 35.2 Å². The Bertz CT molecular complexity index is 2220. The molecular formula is C45H56N6O9S. The minimum atomic E-state index is -2.60. The van der Waals surface area contributed by atoms with Gasteiger partial charge in [0.05, 0.1) is 30.8 Å². The number of aromatic nitrogens is 1. The molecule has 4 fully saturated rings. The summed E-state index contributed by atoms with van der Waals surface area (Å²) in [5, 5.41) is 6.31. The molecule has 61 heavy (non-hydrogen) atoms. The molecule has 6 atom stereocenters. The Labute approximate surface area is 359 Å². The van der Waals surface area contributed by atoms with E-state index < -0.39 is 70.0 Å². The average molecular weight is 857 g/mol. The number of carbonyl (C=O) groups excluding carboxylic acids is 5. The third-order valence-electron chi connectivity index (χ3n) is 12.7. The fourth-order valence-electron chi connectivity index (χ4n) is 8.76. The van der Waals surface area contributed by atoms with Crippen LogP contribution in [-0.4, -0.2) is 115 Å². The largest absolute Gasteiger partial charge is 0.497 e. The van der Waals surface area contributed by atoms with E-state index in [1.54, 1.807) is 31.2 Å². The zero-order chi connectivity index (χ0) is 43.8. The molecule has 2 saturated heterocycles. The summed E-state index contributed by atoms with van der Waals surface area (Å²) < 4.78 is 35.8. The summed E-state index contributed by atoms with van der Waals surface area (Å²) in [6.45, 7) is 10.3. The number of nitrogens with one attached hydrogen (secondary N) is 2. The van der Waals surface area contributed by atoms with Gasteiger partial charge in [0.1, 0.15) is 29.2 Å². The number of amides is 5. The van der Waals surface area contributed by atoms with Crippen molar-refractivity contribution in [3.05, 3.63) is 67.3 Å². The number of benzene rings is 2. The van der Waals surface area contributed by atoms with E-state index in [-0.39, 0.29) is 43.5 Å². The Morgan fingerprint density at radius 3 is 2.34 bits per heavy atom. The Hall–Kier alpha value is -5.35. The number of methoxy groups -OCH3 is 1. The lowest BCUT2D eigenvalue weighted by Gasteiger charge is -2.37. The van der Waals surface area contributed by atoms with E-state index in [9.17, 15) is 27.9 Å². The van der Waals surface area contributed by atoms with E-state index in [1.807, 2.05) is 69.3 Å². The molecule has 15 nitrogen and oxygen atoms in total. The van der Waals surface area contributed by atoms with Crippen LogP contribution in [0.15, 0.2) is 67.3 Å². The monoisotopic (exact) mass is 856 g/mol. The van der Waals surface area contributed by atoms with Crippen molar-refractivity contribution in [2.75, 3.05) is 33.8 Å². The van der Waals surface area contributed by atoms with Gasteiger partial charge in [-0.2, -0.15) is 0 Å². The zero-order valence-corrected chi connectivity index (χ0v) is 36.2. The number of fused-ring (bicyclic) bond motifs is 1. The topological polar surface area (TPSA) is 188 Å². The van der Waals surface area contributed by atoms with E-state index in [1.165, 1.54) is 4.90 Å². The van der Waals surface area contributed by atoms with Crippen LogP contribution in [0.4, 0.5) is 0 Å². The average Bonchev–Trinajstić information content (AvgIpc) is 4.18. The van der Waals surface area contributed by atoms with E-state index >= 15 is 4.79 Å². The van der Waals surface area contributed by atoms with Gasteiger partial charge in [0.25, 0.3) is 17.2 Å². The van der Waals surface area contributed by atoms with Gasteiger partial charge in [-0.3, -0.25) is 28.5 Å². The maximum Gasteiger partial charge on any atom is 0.264 e. The predicted octanol–water partition coefficient (Wildman–Crippen LogP) is 4.48. The van der Waals surface area contributed by atoms with Crippen molar-refractivity contribution >= 4 is 51.7 Å². The van der Waals surface area contributed by atoms with E-state index in [0.717, 1.165) is 9.87 Å². The van der Waals surface area contributed by atoms with Crippen molar-refractivity contribution in [2.45, 2.75) is 89.4 Å². The minimum Gasteiger partial charge on any atom is -0.497 e. The third kappa shape index (κ3) is 9.15. The molecule has 1 aromatic heterocycles. The number of nitrogens with zero attached hydrogens (tertiary/aromatic N) is 4. The summed E-state index contributed by atoms with van der Waals surface area (Å²) in [5.41, 5.74) is -0.0942. The maximum atomic E-state index is 15.0. The maximum absolute atomic E-state index is 15.0. The fraction of sp³-hybridized carbons (Fsp3) is 0.511. The highest BCUT2D eigenvalue weighted by Gasteiger charge is 2.64. The molecule has 3 N–H and O–H groups in total. The van der Waals surface area contributed by atoms with Crippen molar-refractivity contribution in [3.63, 3.8) is 0 Å². The highest BCUT2D eigenvalue weighted by molar-refractivity contribution is 7.77. The number of hydrogen-bond donors (Lipinski definition) is 3. The second kappa shape index (κ2) is 17.6. The summed E-state index contributed by atoms with van der Waals surface area (Å²) in [5.74, 6) is -2.38. The first kappa shape index (κ1) is 43.7. The van der Waals surface area contributed by atoms with Crippen LogP contribution >= 0.6 is 0 Å². The number of carbonyl (C=O) groups is 5. The quantitative estimate of drug-likeness (QED) is 0.154. The number of piperidine rings is 1. The second-order valence-electron chi connectivity index (χ2n) is 17.7. The van der Waals surface area contributed by atoms with Crippen LogP contribution in [0.5, 0.6) is 11.5 Å². The van der Waals surface area contributed by atoms with Crippen LogP contribution in [0.25, 0.3) is 22.2 Å². The molecule has 1 unspecified atom stereocenters. The number of hydrogen-bond acceptors (Lipinski definition) is 9. The predicted molar refractivity (Wildman–Crippen MR) is 229 cm³/mol. The molecule has 0 spiro atoms. The molecule has 5 amide bonds. The molecule has 7 rings (SSSR count). The molecule has 326 valence electrons. The summed E-state index contributed by atoms with van der Waals surface area (Å²) in [6, 6.07) is 15.4. The number of pyridine rings is 1. The van der Waals surface area contributed by atoms with Gasteiger partial charge in [0.15, 0.2) is 0 Å². The molecule has 2 saturated carbocycles. The van der Waals surface area contributed by atoms with Crippen LogP contribution in [0.1, 0.15) is 65.7 Å². The summed E-state index contributed by atoms with van der Waals surface area (Å²) in [7, 11) is 3.17. The Balaban J connectivity index is 1.20. The number of rotatable bonds is 14. The van der Waals surface area contributed by atoms with E-state index in [0.29, 0.717) is 66.9 Å². The molecule has 16 heteroatoms. The molecular weight excluding hydrogens is 801 g/mol. The third-order valence-corrected chi connectivity index (χ3v) is 13.5. The standard InChI is InChI=1S/C45H56N6O9S/c1-7-29-25-45(29,43(56)51(61(57)58)30-13-14-30)48-41(54)37-22-32(60-38-24-35(27-11-9-8-10-12-27)47-36-21-31(59-6)15-16-33(36)38)26-50(37)42(55)34(44(2,3)4)23-39(52)49-19-17-28(18-20-49)40(53)46-5/h7-12,15-16,21,24,28-30,32,34,37H,1,13-14,17-20,22-23,25-26H2,2-6H3,(H,46,53)(H,48,54)(H,57,58)/t29-,32-,34-,37+,45-/m1/s1. The van der Waals surface area contributed by atoms with Crippen molar-refractivity contribution in [1.82, 2.24) is 29.7 Å². The van der Waals surface area contributed by atoms with Gasteiger partial charge in [0, 0.05) is 73.9 Å². The van der Waals surface area contributed by atoms with Crippen molar-refractivity contribution in [2.24, 2.45) is 23.2 Å². The lowest BCUT2D eigenvalue weighted by atomic mass is 9.77. The Kier molecular flexibility index (Phi) is 12.6. The Morgan fingerprint density at radius 1 is 1.05 bits per heavy atom. The number of ether oxygens (including phenoxy) is 2. The molecule has 2 aliphatic carbocycles. The van der Waals surface area contributed by atoms with Gasteiger partial charge in [-0.25, -0.2) is 13.5 Å². The lowest BCUT2D eigenvalue weighted by molar-refractivity contribution is -0.149. The molecule has 0 radical (unpaired) electrons. The zero-order valence-electron chi connectivity index (χ0n) is 35.4. The van der Waals surface area contributed by atoms with Gasteiger partial charge >= 0.3 is 0 Å². The highest BCUT2D eigenvalue weighted by atomic mass is 32.2. The highest BCUT2D eigenvalue weighted by Crippen LogP contribution is 2.48. The first-order valence-electron chi connectivity index (χ1n) is 21.0. The molecule has 3 heterocycles. The normalized spacial score (nSPS) is 23.7. The van der Waals surface area contributed by atoms with Gasteiger partial charge < -0.3 is 29.9 Å². The van der Waals surface area contributed by atoms with Gasteiger partial charge in [-0.1, -0.05) is 57.2 Å².